The molecule has 112 valence electrons. The molecule has 2 nitrogen and oxygen atoms in total. The number of hydrogen-bond donors (Lipinski definition) is 1. The van der Waals surface area contributed by atoms with Gasteiger partial charge in [0, 0.05) is 11.1 Å². The fourth-order valence-electron chi connectivity index (χ4n) is 1.90. The molecule has 0 aliphatic rings. The zero-order valence-corrected chi connectivity index (χ0v) is 13.8. The maximum absolute atomic E-state index is 11.9. The zero-order valence-electron chi connectivity index (χ0n) is 13.8. The monoisotopic (exact) mass is 275 g/mol. The Morgan fingerprint density at radius 1 is 1.00 bits per heavy atom. The lowest BCUT2D eigenvalue weighted by molar-refractivity contribution is -0.123. The van der Waals surface area contributed by atoms with Gasteiger partial charge in [-0.05, 0) is 42.4 Å². The highest BCUT2D eigenvalue weighted by Crippen LogP contribution is 2.22. The molecule has 0 heterocycles. The largest absolute Gasteiger partial charge is 0.326 e. The summed E-state index contributed by atoms with van der Waals surface area (Å²) in [7, 11) is 0. The predicted octanol–water partition coefficient (Wildman–Crippen LogP) is 5.04. The first kappa shape index (κ1) is 16.7. The van der Waals surface area contributed by atoms with Gasteiger partial charge in [-0.15, -0.1) is 0 Å². The molecule has 0 saturated carbocycles. The molecule has 1 aromatic carbocycles. The van der Waals surface area contributed by atoms with Crippen LogP contribution in [-0.4, -0.2) is 5.91 Å². The van der Waals surface area contributed by atoms with E-state index in [-0.39, 0.29) is 11.3 Å². The van der Waals surface area contributed by atoms with Crippen LogP contribution in [0, 0.1) is 10.8 Å². The lowest BCUT2D eigenvalue weighted by Crippen LogP contribution is -2.27. The Kier molecular flexibility index (Phi) is 5.38. The smallest absolute Gasteiger partial charge is 0.229 e. The number of hydrogen-bond acceptors (Lipinski definition) is 1. The van der Waals surface area contributed by atoms with Crippen molar-refractivity contribution in [3.05, 3.63) is 29.8 Å². The summed E-state index contributed by atoms with van der Waals surface area (Å²) in [6, 6.07) is 8.22. The molecule has 0 radical (unpaired) electrons. The molecule has 1 amide bonds. The van der Waals surface area contributed by atoms with E-state index in [0.29, 0.717) is 5.41 Å². The molecular weight excluding hydrogens is 246 g/mol. The van der Waals surface area contributed by atoms with E-state index >= 15 is 0 Å². The van der Waals surface area contributed by atoms with Gasteiger partial charge in [0.15, 0.2) is 0 Å². The molecule has 0 bridgehead atoms. The van der Waals surface area contributed by atoms with Crippen LogP contribution in [0.3, 0.4) is 0 Å². The first-order valence-electron chi connectivity index (χ1n) is 7.48. The third-order valence-electron chi connectivity index (χ3n) is 3.29. The summed E-state index contributed by atoms with van der Waals surface area (Å²) < 4.78 is 0. The fourth-order valence-corrected chi connectivity index (χ4v) is 1.90. The Balaban J connectivity index is 2.51. The van der Waals surface area contributed by atoms with E-state index in [1.54, 1.807) is 0 Å². The standard InChI is InChI=1S/C18H29NO/c1-17(2,3)13-7-8-14-9-11-15(12-10-14)19-16(20)18(4,5)6/h9-12H,7-8,13H2,1-6H3,(H,19,20). The number of carbonyl (C=O) groups is 1. The van der Waals surface area contributed by atoms with E-state index in [1.807, 2.05) is 32.9 Å². The van der Waals surface area contributed by atoms with Crippen molar-refractivity contribution in [3.63, 3.8) is 0 Å². The van der Waals surface area contributed by atoms with Crippen molar-refractivity contribution in [2.45, 2.75) is 60.8 Å². The quantitative estimate of drug-likeness (QED) is 0.819. The van der Waals surface area contributed by atoms with Crippen molar-refractivity contribution >= 4 is 11.6 Å². The zero-order chi connectivity index (χ0) is 15.4. The number of nitrogens with one attached hydrogen (secondary N) is 1. The summed E-state index contributed by atoms with van der Waals surface area (Å²) in [5.41, 5.74) is 2.26. The molecule has 20 heavy (non-hydrogen) atoms. The van der Waals surface area contributed by atoms with Crippen LogP contribution in [0.25, 0.3) is 0 Å². The van der Waals surface area contributed by atoms with Crippen LogP contribution in [-0.2, 0) is 11.2 Å². The van der Waals surface area contributed by atoms with Gasteiger partial charge in [-0.1, -0.05) is 53.7 Å². The van der Waals surface area contributed by atoms with Gasteiger partial charge < -0.3 is 5.32 Å². The molecule has 0 unspecified atom stereocenters. The van der Waals surface area contributed by atoms with Gasteiger partial charge in [-0.2, -0.15) is 0 Å². The van der Waals surface area contributed by atoms with Gasteiger partial charge >= 0.3 is 0 Å². The lowest BCUT2D eigenvalue weighted by Gasteiger charge is -2.18. The highest BCUT2D eigenvalue weighted by Gasteiger charge is 2.20. The van der Waals surface area contributed by atoms with Gasteiger partial charge in [0.25, 0.3) is 0 Å². The first-order chi connectivity index (χ1) is 9.08. The van der Waals surface area contributed by atoms with Crippen LogP contribution in [0.4, 0.5) is 5.69 Å². The van der Waals surface area contributed by atoms with Crippen molar-refractivity contribution in [2.75, 3.05) is 5.32 Å². The molecule has 0 spiro atoms. The molecule has 1 rings (SSSR count). The number of rotatable bonds is 4. The fraction of sp³-hybridized carbons (Fsp3) is 0.611. The van der Waals surface area contributed by atoms with Crippen LogP contribution in [0.2, 0.25) is 0 Å². The normalized spacial score (nSPS) is 12.3. The maximum Gasteiger partial charge on any atom is 0.229 e. The predicted molar refractivity (Wildman–Crippen MR) is 86.9 cm³/mol. The Morgan fingerprint density at radius 2 is 1.55 bits per heavy atom. The summed E-state index contributed by atoms with van der Waals surface area (Å²) in [5.74, 6) is 0.0537. The van der Waals surface area contributed by atoms with Gasteiger partial charge in [-0.25, -0.2) is 0 Å². The third kappa shape index (κ3) is 6.23. The van der Waals surface area contributed by atoms with Crippen molar-refractivity contribution in [3.8, 4) is 0 Å². The minimum atomic E-state index is -0.356. The molecule has 0 fully saturated rings. The molecule has 1 aromatic rings. The van der Waals surface area contributed by atoms with Gasteiger partial charge in [0.2, 0.25) is 5.91 Å². The minimum Gasteiger partial charge on any atom is -0.326 e. The molecule has 1 N–H and O–H groups in total. The van der Waals surface area contributed by atoms with E-state index in [2.05, 4.69) is 38.2 Å². The van der Waals surface area contributed by atoms with E-state index in [9.17, 15) is 4.79 Å². The molecule has 0 aliphatic carbocycles. The van der Waals surface area contributed by atoms with Gasteiger partial charge in [0.05, 0.1) is 0 Å². The van der Waals surface area contributed by atoms with E-state index in [1.165, 1.54) is 18.4 Å². The van der Waals surface area contributed by atoms with Crippen molar-refractivity contribution < 1.29 is 4.79 Å². The molecule has 0 saturated heterocycles. The highest BCUT2D eigenvalue weighted by molar-refractivity contribution is 5.94. The van der Waals surface area contributed by atoms with E-state index in [4.69, 9.17) is 0 Å². The van der Waals surface area contributed by atoms with Crippen LogP contribution in [0.1, 0.15) is 59.9 Å². The third-order valence-corrected chi connectivity index (χ3v) is 3.29. The molecule has 0 aromatic heterocycles. The Labute approximate surface area is 124 Å². The Hall–Kier alpha value is -1.31. The second kappa shape index (κ2) is 6.43. The summed E-state index contributed by atoms with van der Waals surface area (Å²) in [6.07, 6.45) is 3.54. The molecular formula is C18H29NO. The Bertz CT molecular complexity index is 432. The molecule has 0 atom stereocenters. The average Bonchev–Trinajstić information content (AvgIpc) is 2.28. The number of aryl methyl sites for hydroxylation is 1. The topological polar surface area (TPSA) is 29.1 Å². The summed E-state index contributed by atoms with van der Waals surface area (Å²) in [5, 5.41) is 2.95. The second-order valence-corrected chi connectivity index (χ2v) is 7.82. The number of benzene rings is 1. The SMILES string of the molecule is CC(C)(C)CCCc1ccc(NC(=O)C(C)(C)C)cc1. The number of anilines is 1. The van der Waals surface area contributed by atoms with Crippen LogP contribution < -0.4 is 5.32 Å². The lowest BCUT2D eigenvalue weighted by atomic mass is 9.89. The van der Waals surface area contributed by atoms with Crippen LogP contribution in [0.15, 0.2) is 24.3 Å². The van der Waals surface area contributed by atoms with Crippen molar-refractivity contribution in [2.24, 2.45) is 10.8 Å². The Morgan fingerprint density at radius 3 is 2.00 bits per heavy atom. The summed E-state index contributed by atoms with van der Waals surface area (Å²) >= 11 is 0. The van der Waals surface area contributed by atoms with Gasteiger partial charge in [-0.3, -0.25) is 4.79 Å². The summed E-state index contributed by atoms with van der Waals surface area (Å²) in [6.45, 7) is 12.6. The first-order valence-corrected chi connectivity index (χ1v) is 7.48. The number of carbonyl (C=O) groups excluding carboxylic acids is 1. The van der Waals surface area contributed by atoms with Crippen LogP contribution >= 0.6 is 0 Å². The average molecular weight is 275 g/mol. The number of amides is 1. The van der Waals surface area contributed by atoms with Gasteiger partial charge in [0.1, 0.15) is 0 Å². The molecule has 2 heteroatoms. The minimum absolute atomic E-state index is 0.0537. The van der Waals surface area contributed by atoms with E-state index in [0.717, 1.165) is 12.1 Å². The van der Waals surface area contributed by atoms with Crippen LogP contribution in [0.5, 0.6) is 0 Å². The maximum atomic E-state index is 11.9. The summed E-state index contributed by atoms with van der Waals surface area (Å²) in [4.78, 5) is 11.9. The molecule has 0 aliphatic heterocycles. The van der Waals surface area contributed by atoms with Crippen molar-refractivity contribution in [1.29, 1.82) is 0 Å². The van der Waals surface area contributed by atoms with Crippen molar-refractivity contribution in [1.82, 2.24) is 0 Å². The highest BCUT2D eigenvalue weighted by atomic mass is 16.2. The van der Waals surface area contributed by atoms with E-state index < -0.39 is 0 Å². The second-order valence-electron chi connectivity index (χ2n) is 7.82.